The van der Waals surface area contributed by atoms with Crippen molar-refractivity contribution >= 4 is 10.9 Å². The smallest absolute Gasteiger partial charge is 0.125 e. The number of halogens is 1. The molecule has 0 spiro atoms. The summed E-state index contributed by atoms with van der Waals surface area (Å²) in [6.45, 7) is 0.157. The Labute approximate surface area is 80.4 Å². The summed E-state index contributed by atoms with van der Waals surface area (Å²) in [6, 6.07) is 4.39. The molecule has 1 heterocycles. The van der Waals surface area contributed by atoms with Crippen LogP contribution in [-0.2, 0) is 0 Å². The lowest BCUT2D eigenvalue weighted by Gasteiger charge is -2.05. The van der Waals surface area contributed by atoms with E-state index in [1.807, 2.05) is 0 Å². The van der Waals surface area contributed by atoms with Gasteiger partial charge in [-0.25, -0.2) is 4.39 Å². The molecule has 1 unspecified atom stereocenters. The summed E-state index contributed by atoms with van der Waals surface area (Å²) in [5, 5.41) is 10.4. The van der Waals surface area contributed by atoms with Crippen LogP contribution in [0.15, 0.2) is 24.4 Å². The highest BCUT2D eigenvalue weighted by molar-refractivity contribution is 5.83. The molecule has 0 saturated carbocycles. The first-order chi connectivity index (χ1) is 6.72. The van der Waals surface area contributed by atoms with Crippen molar-refractivity contribution in [3.05, 3.63) is 35.8 Å². The largest absolute Gasteiger partial charge is 0.387 e. The van der Waals surface area contributed by atoms with Crippen LogP contribution in [0.5, 0.6) is 0 Å². The van der Waals surface area contributed by atoms with Gasteiger partial charge in [-0.1, -0.05) is 0 Å². The lowest BCUT2D eigenvalue weighted by molar-refractivity contribution is 0.188. The van der Waals surface area contributed by atoms with Gasteiger partial charge in [0.15, 0.2) is 0 Å². The summed E-state index contributed by atoms with van der Waals surface area (Å²) < 4.78 is 12.8. The quantitative estimate of drug-likeness (QED) is 0.674. The maximum atomic E-state index is 12.8. The maximum Gasteiger partial charge on any atom is 0.125 e. The number of nitrogens with one attached hydrogen (secondary N) is 1. The molecule has 0 amide bonds. The van der Waals surface area contributed by atoms with Crippen LogP contribution in [0.1, 0.15) is 11.7 Å². The fraction of sp³-hybridized carbons (Fsp3) is 0.200. The lowest BCUT2D eigenvalue weighted by Crippen LogP contribution is -2.10. The van der Waals surface area contributed by atoms with Gasteiger partial charge in [-0.15, -0.1) is 0 Å². The molecule has 0 radical (unpaired) electrons. The molecule has 4 N–H and O–H groups in total. The molecule has 0 saturated heterocycles. The average molecular weight is 194 g/mol. The summed E-state index contributed by atoms with van der Waals surface area (Å²) in [5.74, 6) is -0.298. The Morgan fingerprint density at radius 3 is 3.00 bits per heavy atom. The van der Waals surface area contributed by atoms with E-state index < -0.39 is 6.10 Å². The Hall–Kier alpha value is -1.39. The first-order valence-electron chi connectivity index (χ1n) is 4.37. The number of fused-ring (bicyclic) bond motifs is 1. The Bertz CT molecular complexity index is 452. The molecule has 0 aliphatic rings. The summed E-state index contributed by atoms with van der Waals surface area (Å²) in [5.41, 5.74) is 6.73. The van der Waals surface area contributed by atoms with E-state index in [0.29, 0.717) is 11.1 Å². The molecule has 0 bridgehead atoms. The number of H-pyrrole nitrogens is 1. The minimum atomic E-state index is -0.700. The molecule has 1 aromatic heterocycles. The van der Waals surface area contributed by atoms with Crippen LogP contribution in [-0.4, -0.2) is 16.6 Å². The molecular formula is C10H11FN2O. The molecule has 2 aromatic rings. The van der Waals surface area contributed by atoms with E-state index in [2.05, 4.69) is 4.98 Å². The van der Waals surface area contributed by atoms with Crippen LogP contribution in [0.4, 0.5) is 4.39 Å². The van der Waals surface area contributed by atoms with Crippen molar-refractivity contribution in [1.82, 2.24) is 4.98 Å². The predicted molar refractivity (Wildman–Crippen MR) is 52.3 cm³/mol. The van der Waals surface area contributed by atoms with Gasteiger partial charge < -0.3 is 15.8 Å². The van der Waals surface area contributed by atoms with Gasteiger partial charge in [0, 0.05) is 29.2 Å². The van der Waals surface area contributed by atoms with Crippen LogP contribution < -0.4 is 5.73 Å². The molecule has 3 nitrogen and oxygen atoms in total. The molecule has 1 atom stereocenters. The van der Waals surface area contributed by atoms with Crippen LogP contribution >= 0.6 is 0 Å². The first kappa shape index (κ1) is 9.18. The van der Waals surface area contributed by atoms with Crippen molar-refractivity contribution in [3.8, 4) is 0 Å². The van der Waals surface area contributed by atoms with E-state index >= 15 is 0 Å². The second-order valence-electron chi connectivity index (χ2n) is 3.19. The van der Waals surface area contributed by atoms with Crippen LogP contribution in [0.2, 0.25) is 0 Å². The number of aromatic amines is 1. The Morgan fingerprint density at radius 1 is 1.50 bits per heavy atom. The number of benzene rings is 1. The van der Waals surface area contributed by atoms with Crippen molar-refractivity contribution in [2.45, 2.75) is 6.10 Å². The Morgan fingerprint density at radius 2 is 2.29 bits per heavy atom. The molecule has 0 fully saturated rings. The number of nitrogens with two attached hydrogens (primary N) is 1. The molecule has 0 aliphatic heterocycles. The zero-order chi connectivity index (χ0) is 10.1. The van der Waals surface area contributed by atoms with Gasteiger partial charge in [0.2, 0.25) is 0 Å². The minimum Gasteiger partial charge on any atom is -0.387 e. The monoisotopic (exact) mass is 194 g/mol. The predicted octanol–water partition coefficient (Wildman–Crippen LogP) is 1.30. The van der Waals surface area contributed by atoms with E-state index in [1.165, 1.54) is 12.1 Å². The van der Waals surface area contributed by atoms with Gasteiger partial charge >= 0.3 is 0 Å². The summed E-state index contributed by atoms with van der Waals surface area (Å²) in [6.07, 6.45) is 0.955. The van der Waals surface area contributed by atoms with Crippen LogP contribution in [0.3, 0.4) is 0 Å². The van der Waals surface area contributed by atoms with Gasteiger partial charge in [-0.3, -0.25) is 0 Å². The minimum absolute atomic E-state index is 0.157. The molecule has 0 aliphatic carbocycles. The molecule has 74 valence electrons. The van der Waals surface area contributed by atoms with Gasteiger partial charge in [0.05, 0.1) is 6.10 Å². The molecule has 2 rings (SSSR count). The average Bonchev–Trinajstić information content (AvgIpc) is 2.59. The first-order valence-corrected chi connectivity index (χ1v) is 4.37. The standard InChI is InChI=1S/C10H11FN2O/c11-6-1-2-7-8(10(14)4-12)5-13-9(7)3-6/h1-3,5,10,13-14H,4,12H2. The zero-order valence-corrected chi connectivity index (χ0v) is 7.50. The number of hydrogen-bond donors (Lipinski definition) is 3. The fourth-order valence-corrected chi connectivity index (χ4v) is 1.52. The summed E-state index contributed by atoms with van der Waals surface area (Å²) in [4.78, 5) is 2.89. The van der Waals surface area contributed by atoms with E-state index in [1.54, 1.807) is 12.3 Å². The van der Waals surface area contributed by atoms with Crippen molar-refractivity contribution in [2.24, 2.45) is 5.73 Å². The normalized spacial score (nSPS) is 13.4. The van der Waals surface area contributed by atoms with Gasteiger partial charge in [0.25, 0.3) is 0 Å². The highest BCUT2D eigenvalue weighted by Crippen LogP contribution is 2.23. The topological polar surface area (TPSA) is 62.0 Å². The van der Waals surface area contributed by atoms with Gasteiger partial charge in [0.1, 0.15) is 5.82 Å². The third-order valence-electron chi connectivity index (χ3n) is 2.26. The zero-order valence-electron chi connectivity index (χ0n) is 7.50. The van der Waals surface area contributed by atoms with Gasteiger partial charge in [-0.2, -0.15) is 0 Å². The number of hydrogen-bond acceptors (Lipinski definition) is 2. The fourth-order valence-electron chi connectivity index (χ4n) is 1.52. The second kappa shape index (κ2) is 3.40. The van der Waals surface area contributed by atoms with E-state index in [-0.39, 0.29) is 12.4 Å². The highest BCUT2D eigenvalue weighted by atomic mass is 19.1. The highest BCUT2D eigenvalue weighted by Gasteiger charge is 2.11. The maximum absolute atomic E-state index is 12.8. The van der Waals surface area contributed by atoms with Gasteiger partial charge in [-0.05, 0) is 18.2 Å². The molecule has 1 aromatic carbocycles. The molecular weight excluding hydrogens is 183 g/mol. The third-order valence-corrected chi connectivity index (χ3v) is 2.26. The summed E-state index contributed by atoms with van der Waals surface area (Å²) >= 11 is 0. The van der Waals surface area contributed by atoms with Crippen LogP contribution in [0.25, 0.3) is 10.9 Å². The Balaban J connectivity index is 2.58. The van der Waals surface area contributed by atoms with E-state index in [0.717, 1.165) is 5.39 Å². The third kappa shape index (κ3) is 1.38. The number of aromatic nitrogens is 1. The molecule has 4 heteroatoms. The second-order valence-corrected chi connectivity index (χ2v) is 3.19. The lowest BCUT2D eigenvalue weighted by atomic mass is 10.1. The SMILES string of the molecule is NCC(O)c1c[nH]c2cc(F)ccc12. The van der Waals surface area contributed by atoms with Crippen LogP contribution in [0, 0.1) is 5.82 Å². The number of rotatable bonds is 2. The number of aliphatic hydroxyl groups is 1. The molecule has 14 heavy (non-hydrogen) atoms. The van der Waals surface area contributed by atoms with Crippen molar-refractivity contribution in [1.29, 1.82) is 0 Å². The van der Waals surface area contributed by atoms with Crippen molar-refractivity contribution < 1.29 is 9.50 Å². The van der Waals surface area contributed by atoms with E-state index in [4.69, 9.17) is 5.73 Å². The van der Waals surface area contributed by atoms with Crippen molar-refractivity contribution in [3.63, 3.8) is 0 Å². The summed E-state index contributed by atoms with van der Waals surface area (Å²) in [7, 11) is 0. The van der Waals surface area contributed by atoms with Crippen molar-refractivity contribution in [2.75, 3.05) is 6.54 Å². The Kier molecular flexibility index (Phi) is 2.23. The number of aliphatic hydroxyl groups excluding tert-OH is 1. The van der Waals surface area contributed by atoms with E-state index in [9.17, 15) is 9.50 Å².